The van der Waals surface area contributed by atoms with E-state index in [0.29, 0.717) is 17.8 Å². The topological polar surface area (TPSA) is 60.9 Å². The molecule has 2 aromatic carbocycles. The van der Waals surface area contributed by atoms with Crippen LogP contribution in [0.15, 0.2) is 54.6 Å². The minimum atomic E-state index is -0.652. The highest BCUT2D eigenvalue weighted by atomic mass is 16.3. The molecule has 2 amide bonds. The Morgan fingerprint density at radius 3 is 1.96 bits per heavy atom. The summed E-state index contributed by atoms with van der Waals surface area (Å²) in [5.74, 6) is -0.929. The van der Waals surface area contributed by atoms with Crippen LogP contribution in [0.2, 0.25) is 0 Å². The number of rotatable bonds is 7. The van der Waals surface area contributed by atoms with Crippen molar-refractivity contribution in [3.63, 3.8) is 0 Å². The van der Waals surface area contributed by atoms with Gasteiger partial charge in [-0.05, 0) is 42.8 Å². The van der Waals surface area contributed by atoms with E-state index in [-0.39, 0.29) is 17.6 Å². The van der Waals surface area contributed by atoms with E-state index in [4.69, 9.17) is 0 Å². The van der Waals surface area contributed by atoms with E-state index in [1.54, 1.807) is 12.1 Å². The first-order chi connectivity index (χ1) is 12.6. The molecule has 26 heavy (non-hydrogen) atoms. The fraction of sp³-hybridized carbons (Fsp3) is 0.333. The Kier molecular flexibility index (Phi) is 5.56. The fourth-order valence-electron chi connectivity index (χ4n) is 3.27. The van der Waals surface area contributed by atoms with Gasteiger partial charge in [-0.2, -0.15) is 0 Å². The Morgan fingerprint density at radius 1 is 0.808 bits per heavy atom. The van der Waals surface area contributed by atoms with Gasteiger partial charge in [0.05, 0.1) is 11.4 Å². The molecule has 2 aromatic rings. The van der Waals surface area contributed by atoms with Crippen LogP contribution in [-0.2, 0) is 9.59 Å². The molecule has 5 heteroatoms. The molecule has 0 radical (unpaired) electrons. The van der Waals surface area contributed by atoms with Gasteiger partial charge < -0.3 is 5.11 Å². The van der Waals surface area contributed by atoms with Crippen LogP contribution < -0.4 is 10.0 Å². The Bertz CT molecular complexity index is 759. The number of hydrogen-bond acceptors (Lipinski definition) is 3. The van der Waals surface area contributed by atoms with E-state index >= 15 is 0 Å². The molecule has 0 spiro atoms. The molecule has 1 fully saturated rings. The Hall–Kier alpha value is -2.82. The molecule has 5 nitrogen and oxygen atoms in total. The van der Waals surface area contributed by atoms with Crippen molar-refractivity contribution in [1.82, 2.24) is 0 Å². The summed E-state index contributed by atoms with van der Waals surface area (Å²) < 4.78 is 0. The average molecular weight is 352 g/mol. The molecule has 1 atom stereocenters. The summed E-state index contributed by atoms with van der Waals surface area (Å²) >= 11 is 0. The van der Waals surface area contributed by atoms with Crippen LogP contribution in [0.25, 0.3) is 0 Å². The van der Waals surface area contributed by atoms with Crippen LogP contribution in [-0.4, -0.2) is 16.9 Å². The van der Waals surface area contributed by atoms with Crippen LogP contribution in [0, 0.1) is 5.92 Å². The van der Waals surface area contributed by atoms with E-state index in [0.717, 1.165) is 25.7 Å². The normalized spacial score (nSPS) is 17.2. The van der Waals surface area contributed by atoms with Crippen LogP contribution in [0.5, 0.6) is 5.75 Å². The second kappa shape index (κ2) is 8.04. The highest BCUT2D eigenvalue weighted by Gasteiger charge is 2.46. The van der Waals surface area contributed by atoms with Crippen LogP contribution >= 0.6 is 0 Å². The third-order valence-electron chi connectivity index (χ3n) is 4.66. The minimum absolute atomic E-state index is 0.120. The number of unbranched alkanes of at least 4 members (excludes halogenated alkanes) is 3. The molecule has 136 valence electrons. The Balaban J connectivity index is 1.91. The zero-order valence-electron chi connectivity index (χ0n) is 15.0. The first kappa shape index (κ1) is 18.0. The number of para-hydroxylation sites is 1. The number of carbonyl (C=O) groups excluding carboxylic acids is 2. The number of hydrazine groups is 1. The predicted octanol–water partition coefficient (Wildman–Crippen LogP) is 4.27. The van der Waals surface area contributed by atoms with Gasteiger partial charge >= 0.3 is 0 Å². The summed E-state index contributed by atoms with van der Waals surface area (Å²) in [4.78, 5) is 26.1. The lowest BCUT2D eigenvalue weighted by molar-refractivity contribution is -0.127. The summed E-state index contributed by atoms with van der Waals surface area (Å²) in [5, 5.41) is 12.4. The number of nitrogens with zero attached hydrogens (tertiary/aromatic N) is 2. The van der Waals surface area contributed by atoms with E-state index < -0.39 is 5.92 Å². The number of phenolic OH excluding ortho intramolecular Hbond substituents is 1. The highest BCUT2D eigenvalue weighted by molar-refractivity contribution is 6.23. The number of benzene rings is 2. The first-order valence-electron chi connectivity index (χ1n) is 9.15. The maximum Gasteiger partial charge on any atom is 0.258 e. The number of phenols is 1. The summed E-state index contributed by atoms with van der Waals surface area (Å²) in [6, 6.07) is 15.5. The highest BCUT2D eigenvalue weighted by Crippen LogP contribution is 2.34. The third kappa shape index (κ3) is 3.57. The lowest BCUT2D eigenvalue weighted by Gasteiger charge is -2.27. The summed E-state index contributed by atoms with van der Waals surface area (Å²) in [6.07, 6.45) is 4.68. The molecule has 0 aliphatic carbocycles. The molecule has 1 heterocycles. The fourth-order valence-corrected chi connectivity index (χ4v) is 3.27. The van der Waals surface area contributed by atoms with Gasteiger partial charge in [0.15, 0.2) is 0 Å². The van der Waals surface area contributed by atoms with Crippen LogP contribution in [0.1, 0.15) is 39.0 Å². The molecule has 1 aliphatic heterocycles. The van der Waals surface area contributed by atoms with Gasteiger partial charge in [0.1, 0.15) is 11.7 Å². The van der Waals surface area contributed by atoms with Crippen LogP contribution in [0.4, 0.5) is 11.4 Å². The van der Waals surface area contributed by atoms with Crippen molar-refractivity contribution in [2.45, 2.75) is 39.0 Å². The van der Waals surface area contributed by atoms with Crippen molar-refractivity contribution in [3.8, 4) is 5.75 Å². The molecule has 0 bridgehead atoms. The van der Waals surface area contributed by atoms with Crippen molar-refractivity contribution in [3.05, 3.63) is 54.6 Å². The van der Waals surface area contributed by atoms with Gasteiger partial charge in [0.2, 0.25) is 0 Å². The largest absolute Gasteiger partial charge is 0.508 e. The molecule has 0 aromatic heterocycles. The minimum Gasteiger partial charge on any atom is -0.508 e. The zero-order chi connectivity index (χ0) is 18.5. The second-order valence-electron chi connectivity index (χ2n) is 6.55. The lowest BCUT2D eigenvalue weighted by atomic mass is 10.00. The quantitative estimate of drug-likeness (QED) is 0.598. The molecule has 0 saturated carbocycles. The molecular formula is C21H24N2O3. The van der Waals surface area contributed by atoms with Crippen molar-refractivity contribution < 1.29 is 14.7 Å². The molecule has 1 aliphatic rings. The predicted molar refractivity (Wildman–Crippen MR) is 102 cm³/mol. The van der Waals surface area contributed by atoms with Gasteiger partial charge in [0, 0.05) is 0 Å². The van der Waals surface area contributed by atoms with Gasteiger partial charge in [-0.15, -0.1) is 0 Å². The number of aromatic hydroxyl groups is 1. The van der Waals surface area contributed by atoms with E-state index in [2.05, 4.69) is 6.92 Å². The number of amides is 2. The number of anilines is 2. The third-order valence-corrected chi connectivity index (χ3v) is 4.66. The van der Waals surface area contributed by atoms with Gasteiger partial charge in [-0.1, -0.05) is 50.8 Å². The second-order valence-corrected chi connectivity index (χ2v) is 6.55. The Labute approximate surface area is 153 Å². The van der Waals surface area contributed by atoms with Crippen molar-refractivity contribution >= 4 is 23.2 Å². The van der Waals surface area contributed by atoms with Gasteiger partial charge in [-0.25, -0.2) is 10.0 Å². The van der Waals surface area contributed by atoms with Crippen molar-refractivity contribution in [2.24, 2.45) is 5.92 Å². The van der Waals surface area contributed by atoms with Crippen molar-refractivity contribution in [1.29, 1.82) is 0 Å². The molecule has 1 saturated heterocycles. The molecule has 1 unspecified atom stereocenters. The van der Waals surface area contributed by atoms with E-state index in [1.807, 2.05) is 30.3 Å². The number of hydrogen-bond donors (Lipinski definition) is 1. The standard InChI is InChI=1S/C21H24N2O3/c1-2-3-4-8-11-19-20(25)22(16-9-6-5-7-10-16)23(21(19)26)17-12-14-18(24)15-13-17/h5-7,9-10,12-15,19,24H,2-4,8,11H2,1H3. The van der Waals surface area contributed by atoms with Crippen molar-refractivity contribution in [2.75, 3.05) is 10.0 Å². The summed E-state index contributed by atoms with van der Waals surface area (Å²) in [5.41, 5.74) is 1.23. The van der Waals surface area contributed by atoms with Crippen LogP contribution in [0.3, 0.4) is 0 Å². The summed E-state index contributed by atoms with van der Waals surface area (Å²) in [6.45, 7) is 2.13. The average Bonchev–Trinajstić information content (AvgIpc) is 2.91. The smallest absolute Gasteiger partial charge is 0.258 e. The van der Waals surface area contributed by atoms with Gasteiger partial charge in [-0.3, -0.25) is 9.59 Å². The Morgan fingerprint density at radius 2 is 1.38 bits per heavy atom. The lowest BCUT2D eigenvalue weighted by Crippen LogP contribution is -2.41. The first-order valence-corrected chi connectivity index (χ1v) is 9.15. The monoisotopic (exact) mass is 352 g/mol. The molecule has 3 rings (SSSR count). The molecule has 1 N–H and O–H groups in total. The van der Waals surface area contributed by atoms with Gasteiger partial charge in [0.25, 0.3) is 11.8 Å². The van der Waals surface area contributed by atoms with E-state index in [1.165, 1.54) is 22.2 Å². The maximum atomic E-state index is 13.0. The summed E-state index contributed by atoms with van der Waals surface area (Å²) in [7, 11) is 0. The molecular weight excluding hydrogens is 328 g/mol. The van der Waals surface area contributed by atoms with E-state index in [9.17, 15) is 14.7 Å². The SMILES string of the molecule is CCCCCCC1C(=O)N(c2ccccc2)N(c2ccc(O)cc2)C1=O. The zero-order valence-corrected chi connectivity index (χ0v) is 15.0. The number of carbonyl (C=O) groups is 2. The maximum absolute atomic E-state index is 13.0.